The van der Waals surface area contributed by atoms with E-state index in [2.05, 4.69) is 4.90 Å². The predicted molar refractivity (Wildman–Crippen MR) is 75.7 cm³/mol. The molecule has 2 bridgehead atoms. The lowest BCUT2D eigenvalue weighted by Crippen LogP contribution is -2.50. The Labute approximate surface area is 116 Å². The molecule has 1 saturated carbocycles. The SMILES string of the molecule is CCOC(=O)C(C)(N)CCN1CC2CCCC(C2)C1. The van der Waals surface area contributed by atoms with Crippen LogP contribution in [0.3, 0.4) is 0 Å². The van der Waals surface area contributed by atoms with Gasteiger partial charge in [0.05, 0.1) is 6.61 Å². The highest BCUT2D eigenvalue weighted by Gasteiger charge is 2.34. The molecule has 0 amide bonds. The Balaban J connectivity index is 1.80. The van der Waals surface area contributed by atoms with Crippen molar-refractivity contribution in [1.82, 2.24) is 4.90 Å². The quantitative estimate of drug-likeness (QED) is 0.772. The number of hydrogen-bond acceptors (Lipinski definition) is 4. The van der Waals surface area contributed by atoms with E-state index in [1.54, 1.807) is 6.92 Å². The van der Waals surface area contributed by atoms with Crippen molar-refractivity contribution in [3.8, 4) is 0 Å². The molecule has 0 aromatic heterocycles. The van der Waals surface area contributed by atoms with Crippen LogP contribution in [-0.2, 0) is 9.53 Å². The van der Waals surface area contributed by atoms with Gasteiger partial charge in [-0.05, 0) is 51.4 Å². The minimum absolute atomic E-state index is 0.271. The molecule has 1 saturated heterocycles. The highest BCUT2D eigenvalue weighted by Crippen LogP contribution is 2.34. The fraction of sp³-hybridized carbons (Fsp3) is 0.933. The first-order valence-corrected chi connectivity index (χ1v) is 7.69. The molecule has 1 aliphatic carbocycles. The Kier molecular flexibility index (Phi) is 4.85. The highest BCUT2D eigenvalue weighted by molar-refractivity contribution is 5.79. The van der Waals surface area contributed by atoms with Crippen LogP contribution in [0.25, 0.3) is 0 Å². The van der Waals surface area contributed by atoms with Crippen molar-refractivity contribution in [2.45, 2.75) is 51.5 Å². The zero-order valence-electron chi connectivity index (χ0n) is 12.4. The summed E-state index contributed by atoms with van der Waals surface area (Å²) in [6.45, 7) is 7.30. The molecular formula is C15H28N2O2. The fourth-order valence-corrected chi connectivity index (χ4v) is 3.51. The standard InChI is InChI=1S/C15H28N2O2/c1-3-19-14(18)15(2,16)7-8-17-10-12-5-4-6-13(9-12)11-17/h12-13H,3-11,16H2,1-2H3. The van der Waals surface area contributed by atoms with Crippen LogP contribution in [0.1, 0.15) is 46.0 Å². The molecule has 2 aliphatic rings. The first kappa shape index (κ1) is 14.8. The average molecular weight is 268 g/mol. The first-order valence-electron chi connectivity index (χ1n) is 7.69. The van der Waals surface area contributed by atoms with Gasteiger partial charge in [-0.2, -0.15) is 0 Å². The molecule has 0 radical (unpaired) electrons. The molecule has 4 nitrogen and oxygen atoms in total. The normalized spacial score (nSPS) is 30.7. The number of carbonyl (C=O) groups is 1. The van der Waals surface area contributed by atoms with Crippen LogP contribution in [0.15, 0.2) is 0 Å². The molecule has 2 N–H and O–H groups in total. The molecule has 0 spiro atoms. The van der Waals surface area contributed by atoms with E-state index in [0.29, 0.717) is 13.0 Å². The van der Waals surface area contributed by atoms with Gasteiger partial charge in [-0.25, -0.2) is 0 Å². The van der Waals surface area contributed by atoms with E-state index in [-0.39, 0.29) is 5.97 Å². The highest BCUT2D eigenvalue weighted by atomic mass is 16.5. The van der Waals surface area contributed by atoms with Crippen molar-refractivity contribution in [3.05, 3.63) is 0 Å². The summed E-state index contributed by atoms with van der Waals surface area (Å²) in [6.07, 6.45) is 6.26. The zero-order valence-corrected chi connectivity index (χ0v) is 12.4. The third kappa shape index (κ3) is 3.93. The summed E-state index contributed by atoms with van der Waals surface area (Å²) in [6, 6.07) is 0. The molecule has 3 unspecified atom stereocenters. The minimum Gasteiger partial charge on any atom is -0.465 e. The molecule has 2 fully saturated rings. The molecule has 0 aromatic rings. The van der Waals surface area contributed by atoms with E-state index in [9.17, 15) is 4.79 Å². The van der Waals surface area contributed by atoms with Crippen molar-refractivity contribution >= 4 is 5.97 Å². The van der Waals surface area contributed by atoms with Gasteiger partial charge in [0.25, 0.3) is 0 Å². The van der Waals surface area contributed by atoms with Crippen LogP contribution in [0.2, 0.25) is 0 Å². The van der Waals surface area contributed by atoms with E-state index < -0.39 is 5.54 Å². The third-order valence-electron chi connectivity index (χ3n) is 4.61. The largest absolute Gasteiger partial charge is 0.465 e. The van der Waals surface area contributed by atoms with Gasteiger partial charge in [0.15, 0.2) is 0 Å². The lowest BCUT2D eigenvalue weighted by molar-refractivity contribution is -0.149. The second kappa shape index (κ2) is 6.23. The van der Waals surface area contributed by atoms with Gasteiger partial charge in [0, 0.05) is 19.6 Å². The number of hydrogen-bond donors (Lipinski definition) is 1. The molecule has 110 valence electrons. The number of nitrogens with two attached hydrogens (primary N) is 1. The van der Waals surface area contributed by atoms with Crippen LogP contribution >= 0.6 is 0 Å². The molecular weight excluding hydrogens is 240 g/mol. The number of likely N-dealkylation sites (tertiary alicyclic amines) is 1. The van der Waals surface area contributed by atoms with Gasteiger partial charge in [0.1, 0.15) is 5.54 Å². The molecule has 19 heavy (non-hydrogen) atoms. The third-order valence-corrected chi connectivity index (χ3v) is 4.61. The predicted octanol–water partition coefficient (Wildman–Crippen LogP) is 1.78. The topological polar surface area (TPSA) is 55.6 Å². The summed E-state index contributed by atoms with van der Waals surface area (Å²) < 4.78 is 5.04. The maximum Gasteiger partial charge on any atom is 0.325 e. The fourth-order valence-electron chi connectivity index (χ4n) is 3.51. The Morgan fingerprint density at radius 2 is 2.00 bits per heavy atom. The van der Waals surface area contributed by atoms with Crippen molar-refractivity contribution in [3.63, 3.8) is 0 Å². The lowest BCUT2D eigenvalue weighted by atomic mass is 9.78. The van der Waals surface area contributed by atoms with E-state index in [1.165, 1.54) is 38.8 Å². The van der Waals surface area contributed by atoms with Crippen LogP contribution in [0, 0.1) is 11.8 Å². The van der Waals surface area contributed by atoms with Gasteiger partial charge in [-0.1, -0.05) is 6.42 Å². The van der Waals surface area contributed by atoms with E-state index in [4.69, 9.17) is 10.5 Å². The van der Waals surface area contributed by atoms with Crippen molar-refractivity contribution in [1.29, 1.82) is 0 Å². The van der Waals surface area contributed by atoms with Gasteiger partial charge < -0.3 is 15.4 Å². The summed E-state index contributed by atoms with van der Waals surface area (Å²) in [5.41, 5.74) is 5.23. The smallest absolute Gasteiger partial charge is 0.325 e. The Morgan fingerprint density at radius 1 is 1.37 bits per heavy atom. The molecule has 4 heteroatoms. The van der Waals surface area contributed by atoms with Crippen molar-refractivity contribution < 1.29 is 9.53 Å². The van der Waals surface area contributed by atoms with Gasteiger partial charge in [-0.15, -0.1) is 0 Å². The van der Waals surface area contributed by atoms with Crippen LogP contribution in [0.5, 0.6) is 0 Å². The summed E-state index contributed by atoms with van der Waals surface area (Å²) in [5, 5.41) is 0. The zero-order chi connectivity index (χ0) is 13.9. The number of piperidine rings is 1. The number of rotatable bonds is 5. The van der Waals surface area contributed by atoms with Crippen molar-refractivity contribution in [2.75, 3.05) is 26.2 Å². The summed E-state index contributed by atoms with van der Waals surface area (Å²) in [5.74, 6) is 1.48. The maximum absolute atomic E-state index is 11.8. The summed E-state index contributed by atoms with van der Waals surface area (Å²) in [4.78, 5) is 14.3. The number of esters is 1. The van der Waals surface area contributed by atoms with E-state index >= 15 is 0 Å². The molecule has 3 atom stereocenters. The summed E-state index contributed by atoms with van der Waals surface area (Å²) >= 11 is 0. The second-order valence-electron chi connectivity index (χ2n) is 6.55. The second-order valence-corrected chi connectivity index (χ2v) is 6.55. The number of nitrogens with zero attached hydrogens (tertiary/aromatic N) is 1. The average Bonchev–Trinajstić information content (AvgIpc) is 2.36. The van der Waals surface area contributed by atoms with Gasteiger partial charge in [-0.3, -0.25) is 4.79 Å². The van der Waals surface area contributed by atoms with Crippen LogP contribution in [0.4, 0.5) is 0 Å². The number of fused-ring (bicyclic) bond motifs is 2. The van der Waals surface area contributed by atoms with Gasteiger partial charge >= 0.3 is 5.97 Å². The molecule has 1 aliphatic heterocycles. The number of ether oxygens (including phenoxy) is 1. The monoisotopic (exact) mass is 268 g/mol. The van der Waals surface area contributed by atoms with E-state index in [0.717, 1.165) is 18.4 Å². The molecule has 1 heterocycles. The Bertz CT molecular complexity index is 305. The van der Waals surface area contributed by atoms with E-state index in [1.807, 2.05) is 6.92 Å². The Morgan fingerprint density at radius 3 is 2.58 bits per heavy atom. The lowest BCUT2D eigenvalue weighted by Gasteiger charge is -2.42. The maximum atomic E-state index is 11.8. The van der Waals surface area contributed by atoms with Crippen molar-refractivity contribution in [2.24, 2.45) is 17.6 Å². The Hall–Kier alpha value is -0.610. The van der Waals surface area contributed by atoms with Gasteiger partial charge in [0.2, 0.25) is 0 Å². The van der Waals surface area contributed by atoms with Crippen LogP contribution < -0.4 is 5.73 Å². The summed E-state index contributed by atoms with van der Waals surface area (Å²) in [7, 11) is 0. The minimum atomic E-state index is -0.845. The first-order chi connectivity index (χ1) is 9.01. The molecule has 0 aromatic carbocycles. The number of carbonyl (C=O) groups excluding carboxylic acids is 1. The molecule has 2 rings (SSSR count). The van der Waals surface area contributed by atoms with Crippen LogP contribution in [-0.4, -0.2) is 42.6 Å².